The maximum Gasteiger partial charge on any atom is 0.260 e. The average Bonchev–Trinajstić information content (AvgIpc) is 3.06. The minimum atomic E-state index is 0.0968. The second-order valence-corrected chi connectivity index (χ2v) is 6.63. The quantitative estimate of drug-likeness (QED) is 0.942. The number of hydrogen-bond acceptors (Lipinski definition) is 4. The van der Waals surface area contributed by atoms with Crippen molar-refractivity contribution in [2.45, 2.75) is 52.6 Å². The number of anilines is 1. The molecule has 0 spiro atoms. The number of pyridine rings is 1. The summed E-state index contributed by atoms with van der Waals surface area (Å²) in [6.45, 7) is 6.94. The number of aromatic nitrogens is 2. The third-order valence-corrected chi connectivity index (χ3v) is 4.63. The Morgan fingerprint density at radius 3 is 2.95 bits per heavy atom. The lowest BCUT2D eigenvalue weighted by atomic mass is 10.1. The van der Waals surface area contributed by atoms with E-state index in [1.165, 1.54) is 11.3 Å². The third-order valence-electron chi connectivity index (χ3n) is 3.86. The Kier molecular flexibility index (Phi) is 3.85. The maximum absolute atomic E-state index is 12.7. The van der Waals surface area contributed by atoms with Gasteiger partial charge in [0.05, 0.1) is 11.3 Å². The van der Waals surface area contributed by atoms with E-state index in [4.69, 9.17) is 0 Å². The van der Waals surface area contributed by atoms with Crippen LogP contribution in [0.4, 0.5) is 5.13 Å². The molecule has 0 atom stereocenters. The van der Waals surface area contributed by atoms with Crippen LogP contribution in [0.5, 0.6) is 0 Å². The summed E-state index contributed by atoms with van der Waals surface area (Å²) in [4.78, 5) is 17.3. The molecule has 0 fully saturated rings. The van der Waals surface area contributed by atoms with Crippen LogP contribution in [0.15, 0.2) is 16.2 Å². The van der Waals surface area contributed by atoms with Crippen LogP contribution >= 0.6 is 11.3 Å². The van der Waals surface area contributed by atoms with Gasteiger partial charge in [-0.25, -0.2) is 4.98 Å². The van der Waals surface area contributed by atoms with Crippen molar-refractivity contribution in [3.63, 3.8) is 0 Å². The molecule has 3 rings (SSSR count). The van der Waals surface area contributed by atoms with Gasteiger partial charge in [0.2, 0.25) is 0 Å². The van der Waals surface area contributed by atoms with Gasteiger partial charge >= 0.3 is 0 Å². The van der Waals surface area contributed by atoms with Gasteiger partial charge in [-0.1, -0.05) is 0 Å². The topological polar surface area (TPSA) is 46.9 Å². The van der Waals surface area contributed by atoms with E-state index in [1.54, 1.807) is 11.3 Å². The second-order valence-electron chi connectivity index (χ2n) is 5.77. The van der Waals surface area contributed by atoms with Gasteiger partial charge in [0.1, 0.15) is 0 Å². The number of fused-ring (bicyclic) bond motifs is 1. The van der Waals surface area contributed by atoms with E-state index in [-0.39, 0.29) is 5.56 Å². The normalized spacial score (nSPS) is 13.7. The van der Waals surface area contributed by atoms with E-state index in [2.05, 4.69) is 30.2 Å². The fourth-order valence-electron chi connectivity index (χ4n) is 2.95. The Labute approximate surface area is 128 Å². The summed E-state index contributed by atoms with van der Waals surface area (Å²) in [5, 5.41) is 6.15. The summed E-state index contributed by atoms with van der Waals surface area (Å²) >= 11 is 1.56. The van der Waals surface area contributed by atoms with Crippen LogP contribution < -0.4 is 10.9 Å². The molecule has 4 nitrogen and oxygen atoms in total. The van der Waals surface area contributed by atoms with Crippen molar-refractivity contribution in [1.29, 1.82) is 0 Å². The molecule has 1 aliphatic rings. The maximum atomic E-state index is 12.7. The number of nitrogens with one attached hydrogen (secondary N) is 1. The minimum absolute atomic E-state index is 0.0968. The Balaban J connectivity index is 2.07. The van der Waals surface area contributed by atoms with Gasteiger partial charge in [-0.05, 0) is 51.7 Å². The van der Waals surface area contributed by atoms with Crippen molar-refractivity contribution in [3.05, 3.63) is 33.1 Å². The highest BCUT2D eigenvalue weighted by molar-refractivity contribution is 7.14. The van der Waals surface area contributed by atoms with E-state index in [0.29, 0.717) is 6.04 Å². The molecule has 112 valence electrons. The molecule has 0 aliphatic heterocycles. The summed E-state index contributed by atoms with van der Waals surface area (Å²) in [7, 11) is 0. The molecule has 0 radical (unpaired) electrons. The molecular formula is C16H21N3OS. The Morgan fingerprint density at radius 1 is 1.43 bits per heavy atom. The lowest BCUT2D eigenvalue weighted by Gasteiger charge is -2.12. The number of rotatable bonds is 4. The first-order chi connectivity index (χ1) is 10.1. The fourth-order valence-corrected chi connectivity index (χ4v) is 3.81. The molecule has 0 unspecified atom stereocenters. The highest BCUT2D eigenvalue weighted by Gasteiger charge is 2.20. The first-order valence-corrected chi connectivity index (χ1v) is 8.46. The standard InChI is InChI=1S/C16H21N3OS/c1-4-19-14-7-5-6-11(14)8-12(15(19)20)13-9-21-16(18-13)17-10(2)3/h8-10H,4-7H2,1-3H3,(H,17,18). The fraction of sp³-hybridized carbons (Fsp3) is 0.500. The van der Waals surface area contributed by atoms with Crippen LogP contribution in [0.2, 0.25) is 0 Å². The summed E-state index contributed by atoms with van der Waals surface area (Å²) < 4.78 is 1.92. The van der Waals surface area contributed by atoms with Crippen molar-refractivity contribution in [2.24, 2.45) is 0 Å². The molecule has 1 N–H and O–H groups in total. The van der Waals surface area contributed by atoms with E-state index >= 15 is 0 Å². The molecule has 2 aromatic heterocycles. The number of thiazole rings is 1. The van der Waals surface area contributed by atoms with Crippen molar-refractivity contribution in [3.8, 4) is 11.3 Å². The van der Waals surface area contributed by atoms with Gasteiger partial charge in [0.15, 0.2) is 5.13 Å². The number of aryl methyl sites for hydroxylation is 1. The molecule has 0 saturated heterocycles. The summed E-state index contributed by atoms with van der Waals surface area (Å²) in [6, 6.07) is 2.40. The van der Waals surface area contributed by atoms with Crippen LogP contribution in [-0.4, -0.2) is 15.6 Å². The largest absolute Gasteiger partial charge is 0.359 e. The summed E-state index contributed by atoms with van der Waals surface area (Å²) in [6.07, 6.45) is 3.25. The van der Waals surface area contributed by atoms with Gasteiger partial charge in [-0.2, -0.15) is 0 Å². The van der Waals surface area contributed by atoms with Gasteiger partial charge in [-0.3, -0.25) is 4.79 Å². The van der Waals surface area contributed by atoms with E-state index in [1.807, 2.05) is 16.9 Å². The van der Waals surface area contributed by atoms with Crippen LogP contribution in [0.1, 0.15) is 38.4 Å². The molecule has 0 saturated carbocycles. The zero-order chi connectivity index (χ0) is 15.0. The predicted octanol–water partition coefficient (Wildman–Crippen LogP) is 3.30. The smallest absolute Gasteiger partial charge is 0.260 e. The van der Waals surface area contributed by atoms with Crippen LogP contribution in [0.25, 0.3) is 11.3 Å². The van der Waals surface area contributed by atoms with Gasteiger partial charge in [0.25, 0.3) is 5.56 Å². The number of hydrogen-bond donors (Lipinski definition) is 1. The summed E-state index contributed by atoms with van der Waals surface area (Å²) in [5.41, 5.74) is 4.18. The van der Waals surface area contributed by atoms with Crippen molar-refractivity contribution < 1.29 is 0 Å². The minimum Gasteiger partial charge on any atom is -0.359 e. The molecule has 21 heavy (non-hydrogen) atoms. The molecule has 0 aromatic carbocycles. The molecule has 0 bridgehead atoms. The molecule has 2 aromatic rings. The van der Waals surface area contributed by atoms with E-state index in [0.717, 1.165) is 42.2 Å². The molecule has 5 heteroatoms. The first kappa shape index (κ1) is 14.3. The highest BCUT2D eigenvalue weighted by atomic mass is 32.1. The predicted molar refractivity (Wildman–Crippen MR) is 88.3 cm³/mol. The Bertz CT molecular complexity index is 715. The lowest BCUT2D eigenvalue weighted by molar-refractivity contribution is 0.683. The molecule has 2 heterocycles. The van der Waals surface area contributed by atoms with Gasteiger partial charge in [0, 0.05) is 23.7 Å². The summed E-state index contributed by atoms with van der Waals surface area (Å²) in [5.74, 6) is 0. The average molecular weight is 303 g/mol. The van der Waals surface area contributed by atoms with Crippen LogP contribution in [0.3, 0.4) is 0 Å². The van der Waals surface area contributed by atoms with Crippen LogP contribution in [0, 0.1) is 0 Å². The second kappa shape index (κ2) is 5.64. The van der Waals surface area contributed by atoms with Gasteiger partial charge < -0.3 is 9.88 Å². The zero-order valence-electron chi connectivity index (χ0n) is 12.8. The zero-order valence-corrected chi connectivity index (χ0v) is 13.6. The van der Waals surface area contributed by atoms with E-state index in [9.17, 15) is 4.79 Å². The molecule has 0 amide bonds. The first-order valence-electron chi connectivity index (χ1n) is 7.58. The number of nitrogens with zero attached hydrogens (tertiary/aromatic N) is 2. The van der Waals surface area contributed by atoms with Crippen molar-refractivity contribution in [2.75, 3.05) is 5.32 Å². The third kappa shape index (κ3) is 2.62. The lowest BCUT2D eigenvalue weighted by Crippen LogP contribution is -2.24. The monoisotopic (exact) mass is 303 g/mol. The molecular weight excluding hydrogens is 282 g/mol. The highest BCUT2D eigenvalue weighted by Crippen LogP contribution is 2.28. The Morgan fingerprint density at radius 2 is 2.24 bits per heavy atom. The van der Waals surface area contributed by atoms with Crippen molar-refractivity contribution in [1.82, 2.24) is 9.55 Å². The van der Waals surface area contributed by atoms with E-state index < -0.39 is 0 Å². The van der Waals surface area contributed by atoms with Crippen molar-refractivity contribution >= 4 is 16.5 Å². The Hall–Kier alpha value is -1.62. The van der Waals surface area contributed by atoms with Gasteiger partial charge in [-0.15, -0.1) is 11.3 Å². The molecule has 1 aliphatic carbocycles. The SMILES string of the molecule is CCn1c2c(cc(-c3csc(NC(C)C)n3)c1=O)CCC2. The van der Waals surface area contributed by atoms with Crippen LogP contribution in [-0.2, 0) is 19.4 Å².